The van der Waals surface area contributed by atoms with E-state index in [0.29, 0.717) is 42.3 Å². The molecule has 0 saturated carbocycles. The summed E-state index contributed by atoms with van der Waals surface area (Å²) in [7, 11) is 3.09. The molecule has 0 fully saturated rings. The summed E-state index contributed by atoms with van der Waals surface area (Å²) in [6, 6.07) is 4.91. The summed E-state index contributed by atoms with van der Waals surface area (Å²) >= 11 is 0. The Balaban J connectivity index is 2.83. The molecule has 128 valence electrons. The van der Waals surface area contributed by atoms with E-state index >= 15 is 0 Å². The second-order valence-electron chi connectivity index (χ2n) is 4.94. The van der Waals surface area contributed by atoms with Crippen molar-refractivity contribution in [1.29, 1.82) is 0 Å². The number of methoxy groups -OCH3 is 2. The van der Waals surface area contributed by atoms with Gasteiger partial charge in [-0.05, 0) is 23.3 Å². The van der Waals surface area contributed by atoms with Gasteiger partial charge < -0.3 is 14.2 Å². The van der Waals surface area contributed by atoms with E-state index in [2.05, 4.69) is 13.2 Å². The fraction of sp³-hybridized carbons (Fsp3) is 0.412. The number of hydrogen-bond donors (Lipinski definition) is 0. The van der Waals surface area contributed by atoms with Crippen molar-refractivity contribution in [3.05, 3.63) is 42.5 Å². The molecule has 1 rings (SSSR count). The zero-order valence-electron chi connectivity index (χ0n) is 13.3. The van der Waals surface area contributed by atoms with Crippen molar-refractivity contribution < 1.29 is 27.4 Å². The van der Waals surface area contributed by atoms with Crippen LogP contribution in [0.5, 0.6) is 11.5 Å². The van der Waals surface area contributed by atoms with Crippen LogP contribution >= 0.6 is 0 Å². The van der Waals surface area contributed by atoms with E-state index in [9.17, 15) is 13.2 Å². The number of hydrogen-bond acceptors (Lipinski definition) is 3. The molecule has 23 heavy (non-hydrogen) atoms. The predicted molar refractivity (Wildman–Crippen MR) is 83.8 cm³/mol. The summed E-state index contributed by atoms with van der Waals surface area (Å²) in [5.41, 5.74) is 0.0375. The molecule has 1 aromatic carbocycles. The van der Waals surface area contributed by atoms with Crippen LogP contribution in [-0.2, 0) is 4.74 Å². The first kappa shape index (κ1) is 19.1. The van der Waals surface area contributed by atoms with Gasteiger partial charge in [-0.25, -0.2) is 0 Å². The summed E-state index contributed by atoms with van der Waals surface area (Å²) in [6.45, 7) is 7.74. The summed E-state index contributed by atoms with van der Waals surface area (Å²) in [5.74, 6) is 0.966. The Hall–Kier alpha value is -1.95. The number of alkyl halides is 3. The number of allylic oxidation sites excluding steroid dienone is 2. The summed E-state index contributed by atoms with van der Waals surface area (Å²) < 4.78 is 53.4. The standard InChI is InChI=1S/C17H21F3O3/c1-12(10-13(2)17(18,19)20)14-6-7-15(22-4)16(11-14)23-9-5-8-21-3/h6-7,11H,1-2,5,8-10H2,3-4H3. The molecule has 0 radical (unpaired) electrons. The molecule has 6 heteroatoms. The summed E-state index contributed by atoms with van der Waals surface area (Å²) in [4.78, 5) is 0. The van der Waals surface area contributed by atoms with E-state index < -0.39 is 11.7 Å². The van der Waals surface area contributed by atoms with E-state index in [-0.39, 0.29) is 6.42 Å². The number of halogens is 3. The maximum Gasteiger partial charge on any atom is 0.412 e. The number of benzene rings is 1. The van der Waals surface area contributed by atoms with Crippen LogP contribution in [0.4, 0.5) is 13.2 Å². The van der Waals surface area contributed by atoms with Crippen LogP contribution in [0.15, 0.2) is 36.9 Å². The molecular formula is C17H21F3O3. The molecule has 0 aliphatic heterocycles. The summed E-state index contributed by atoms with van der Waals surface area (Å²) in [6.07, 6.45) is -4.08. The zero-order valence-corrected chi connectivity index (χ0v) is 13.3. The smallest absolute Gasteiger partial charge is 0.412 e. The van der Waals surface area contributed by atoms with Gasteiger partial charge in [0.05, 0.1) is 13.7 Å². The van der Waals surface area contributed by atoms with Gasteiger partial charge in [-0.1, -0.05) is 19.2 Å². The van der Waals surface area contributed by atoms with Crippen molar-refractivity contribution in [1.82, 2.24) is 0 Å². The highest BCUT2D eigenvalue weighted by molar-refractivity contribution is 5.68. The lowest BCUT2D eigenvalue weighted by atomic mass is 10.00. The number of rotatable bonds is 9. The Morgan fingerprint density at radius 2 is 1.78 bits per heavy atom. The number of ether oxygens (including phenoxy) is 3. The zero-order chi connectivity index (χ0) is 17.5. The molecule has 0 atom stereocenters. The van der Waals surface area contributed by atoms with Crippen molar-refractivity contribution in [3.8, 4) is 11.5 Å². The topological polar surface area (TPSA) is 27.7 Å². The fourth-order valence-electron chi connectivity index (χ4n) is 1.85. The largest absolute Gasteiger partial charge is 0.493 e. The molecule has 3 nitrogen and oxygen atoms in total. The van der Waals surface area contributed by atoms with Crippen LogP contribution in [0.2, 0.25) is 0 Å². The lowest BCUT2D eigenvalue weighted by Crippen LogP contribution is -2.11. The second kappa shape index (κ2) is 8.62. The molecule has 0 unspecified atom stereocenters. The van der Waals surface area contributed by atoms with Crippen LogP contribution in [0.25, 0.3) is 5.57 Å². The van der Waals surface area contributed by atoms with Crippen molar-refractivity contribution in [2.75, 3.05) is 27.4 Å². The first-order chi connectivity index (χ1) is 10.8. The minimum atomic E-state index is -4.42. The Morgan fingerprint density at radius 3 is 2.35 bits per heavy atom. The molecule has 0 bridgehead atoms. The first-order valence-corrected chi connectivity index (χ1v) is 7.02. The van der Waals surface area contributed by atoms with Crippen molar-refractivity contribution in [3.63, 3.8) is 0 Å². The third-order valence-corrected chi connectivity index (χ3v) is 3.15. The minimum absolute atomic E-state index is 0.316. The van der Waals surface area contributed by atoms with Crippen molar-refractivity contribution in [2.45, 2.75) is 19.0 Å². The second-order valence-corrected chi connectivity index (χ2v) is 4.94. The van der Waals surface area contributed by atoms with Gasteiger partial charge in [0.2, 0.25) is 0 Å². The van der Waals surface area contributed by atoms with E-state index in [1.54, 1.807) is 25.3 Å². The van der Waals surface area contributed by atoms with Gasteiger partial charge in [0.1, 0.15) is 0 Å². The molecule has 1 aromatic rings. The first-order valence-electron chi connectivity index (χ1n) is 7.02. The van der Waals surface area contributed by atoms with Crippen LogP contribution in [0.3, 0.4) is 0 Å². The average molecular weight is 330 g/mol. The average Bonchev–Trinajstić information content (AvgIpc) is 2.50. The minimum Gasteiger partial charge on any atom is -0.493 e. The SMILES string of the molecule is C=C(CC(=C)C(F)(F)F)c1ccc(OC)c(OCCCOC)c1. The normalized spacial score (nSPS) is 11.2. The lowest BCUT2D eigenvalue weighted by molar-refractivity contribution is -0.0922. The molecule has 0 aromatic heterocycles. The molecule has 0 amide bonds. The van der Waals surface area contributed by atoms with E-state index in [1.165, 1.54) is 7.11 Å². The van der Waals surface area contributed by atoms with Gasteiger partial charge >= 0.3 is 6.18 Å². The lowest BCUT2D eigenvalue weighted by Gasteiger charge is -2.15. The van der Waals surface area contributed by atoms with Crippen molar-refractivity contribution >= 4 is 5.57 Å². The highest BCUT2D eigenvalue weighted by atomic mass is 19.4. The Morgan fingerprint density at radius 1 is 1.09 bits per heavy atom. The Bertz CT molecular complexity index is 551. The quantitative estimate of drug-likeness (QED) is 0.488. The molecule has 0 aliphatic carbocycles. The molecule has 0 spiro atoms. The molecule has 0 heterocycles. The highest BCUT2D eigenvalue weighted by Crippen LogP contribution is 2.35. The van der Waals surface area contributed by atoms with Gasteiger partial charge in [-0.2, -0.15) is 13.2 Å². The fourth-order valence-corrected chi connectivity index (χ4v) is 1.85. The van der Waals surface area contributed by atoms with Crippen LogP contribution < -0.4 is 9.47 Å². The van der Waals surface area contributed by atoms with E-state index in [1.807, 2.05) is 0 Å². The van der Waals surface area contributed by atoms with Gasteiger partial charge in [-0.3, -0.25) is 0 Å². The predicted octanol–water partition coefficient (Wildman–Crippen LogP) is 4.63. The molecule has 0 aliphatic rings. The Kier molecular flexibility index (Phi) is 7.16. The molecular weight excluding hydrogens is 309 g/mol. The maximum atomic E-state index is 12.6. The van der Waals surface area contributed by atoms with E-state index in [4.69, 9.17) is 14.2 Å². The van der Waals surface area contributed by atoms with Gasteiger partial charge in [0.25, 0.3) is 0 Å². The van der Waals surface area contributed by atoms with Crippen LogP contribution in [0.1, 0.15) is 18.4 Å². The summed E-state index contributed by atoms with van der Waals surface area (Å²) in [5, 5.41) is 0. The van der Waals surface area contributed by atoms with Gasteiger partial charge in [0, 0.05) is 32.1 Å². The van der Waals surface area contributed by atoms with Gasteiger partial charge in [-0.15, -0.1) is 0 Å². The molecule has 0 N–H and O–H groups in total. The highest BCUT2D eigenvalue weighted by Gasteiger charge is 2.31. The van der Waals surface area contributed by atoms with Crippen LogP contribution in [0, 0.1) is 0 Å². The molecule has 0 saturated heterocycles. The van der Waals surface area contributed by atoms with Crippen molar-refractivity contribution in [2.24, 2.45) is 0 Å². The monoisotopic (exact) mass is 330 g/mol. The van der Waals surface area contributed by atoms with Gasteiger partial charge in [0.15, 0.2) is 11.5 Å². The maximum absolute atomic E-state index is 12.6. The Labute approximate surface area is 134 Å². The van der Waals surface area contributed by atoms with Crippen LogP contribution in [-0.4, -0.2) is 33.6 Å². The van der Waals surface area contributed by atoms with E-state index in [0.717, 1.165) is 0 Å². The third-order valence-electron chi connectivity index (χ3n) is 3.15. The third kappa shape index (κ3) is 5.98.